The van der Waals surface area contributed by atoms with Crippen molar-refractivity contribution in [3.05, 3.63) is 54.1 Å². The van der Waals surface area contributed by atoms with Crippen molar-refractivity contribution in [1.82, 2.24) is 8.96 Å². The molecule has 3 aromatic rings. The minimum atomic E-state index is -3.92. The summed E-state index contributed by atoms with van der Waals surface area (Å²) in [4.78, 5) is 4.08. The van der Waals surface area contributed by atoms with Gasteiger partial charge in [-0.3, -0.25) is 0 Å². The quantitative estimate of drug-likeness (QED) is 0.485. The molecule has 4 rings (SSSR count). The highest BCUT2D eigenvalue weighted by molar-refractivity contribution is 7.90. The molecule has 0 aliphatic carbocycles. The highest BCUT2D eigenvalue weighted by Crippen LogP contribution is 2.37. The van der Waals surface area contributed by atoms with Gasteiger partial charge in [-0.25, -0.2) is 17.4 Å². The molecule has 0 radical (unpaired) electrons. The van der Waals surface area contributed by atoms with Crippen molar-refractivity contribution in [3.8, 4) is 0 Å². The van der Waals surface area contributed by atoms with Gasteiger partial charge in [0.15, 0.2) is 0 Å². The largest absolute Gasteiger partial charge is 0.498 e. The third kappa shape index (κ3) is 3.17. The molecule has 0 spiro atoms. The van der Waals surface area contributed by atoms with Gasteiger partial charge in [-0.15, -0.1) is 0 Å². The average Bonchev–Trinajstić information content (AvgIpc) is 3.09. The Morgan fingerprint density at radius 1 is 1.00 bits per heavy atom. The number of nitrogens with zero attached hydrogens (tertiary/aromatic N) is 2. The van der Waals surface area contributed by atoms with Crippen molar-refractivity contribution >= 4 is 33.6 Å². The molecule has 0 unspecified atom stereocenters. The molecular weight excluding hydrogens is 394 g/mol. The van der Waals surface area contributed by atoms with Gasteiger partial charge in [0.05, 0.1) is 27.1 Å². The van der Waals surface area contributed by atoms with Crippen LogP contribution in [0.2, 0.25) is 0 Å². The molecule has 29 heavy (non-hydrogen) atoms. The van der Waals surface area contributed by atoms with Gasteiger partial charge in [-0.2, -0.15) is 4.39 Å². The van der Waals surface area contributed by atoms with Crippen molar-refractivity contribution in [2.45, 2.75) is 50.7 Å². The maximum Gasteiger partial charge on any atom is 0.498 e. The standard InChI is InChI=1S/C20H22BFN2O4S/c1-13-6-8-14(9-7-13)29(25,26)24-12-15(18-16(24)10-11-17(22)23-18)21-27-19(2,3)20(4,5)28-21/h6-12H,1-5H3. The fraction of sp³-hybridized carbons (Fsp3) is 0.350. The first-order valence-corrected chi connectivity index (χ1v) is 10.7. The zero-order chi connectivity index (χ0) is 21.2. The van der Waals surface area contributed by atoms with Crippen molar-refractivity contribution in [3.63, 3.8) is 0 Å². The molecule has 152 valence electrons. The monoisotopic (exact) mass is 416 g/mol. The summed E-state index contributed by atoms with van der Waals surface area (Å²) in [6.45, 7) is 9.45. The molecule has 0 bridgehead atoms. The first-order chi connectivity index (χ1) is 13.4. The molecule has 1 aromatic carbocycles. The van der Waals surface area contributed by atoms with E-state index >= 15 is 0 Å². The number of aromatic nitrogens is 2. The average molecular weight is 416 g/mol. The lowest BCUT2D eigenvalue weighted by molar-refractivity contribution is 0.00578. The molecule has 1 aliphatic heterocycles. The number of fused-ring (bicyclic) bond motifs is 1. The minimum Gasteiger partial charge on any atom is -0.399 e. The molecular formula is C20H22BFN2O4S. The van der Waals surface area contributed by atoms with Gasteiger partial charge in [0, 0.05) is 11.7 Å². The van der Waals surface area contributed by atoms with Crippen LogP contribution in [0.3, 0.4) is 0 Å². The van der Waals surface area contributed by atoms with Crippen LogP contribution in [-0.2, 0) is 19.3 Å². The number of benzene rings is 1. The van der Waals surface area contributed by atoms with Crippen LogP contribution < -0.4 is 5.46 Å². The lowest BCUT2D eigenvalue weighted by atomic mass is 9.80. The highest BCUT2D eigenvalue weighted by Gasteiger charge is 2.52. The topological polar surface area (TPSA) is 70.4 Å². The van der Waals surface area contributed by atoms with E-state index in [2.05, 4.69) is 4.98 Å². The van der Waals surface area contributed by atoms with Gasteiger partial charge < -0.3 is 9.31 Å². The highest BCUT2D eigenvalue weighted by atomic mass is 32.2. The molecule has 9 heteroatoms. The Balaban J connectivity index is 1.91. The fourth-order valence-corrected chi connectivity index (χ4v) is 4.61. The normalized spacial score (nSPS) is 18.5. The van der Waals surface area contributed by atoms with E-state index in [9.17, 15) is 12.8 Å². The van der Waals surface area contributed by atoms with E-state index in [1.165, 1.54) is 12.3 Å². The van der Waals surface area contributed by atoms with E-state index in [0.717, 1.165) is 15.6 Å². The molecule has 2 aromatic heterocycles. The van der Waals surface area contributed by atoms with Gasteiger partial charge in [0.1, 0.15) is 0 Å². The molecule has 0 saturated carbocycles. The van der Waals surface area contributed by atoms with E-state index in [1.807, 2.05) is 34.6 Å². The van der Waals surface area contributed by atoms with Crippen LogP contribution in [0.5, 0.6) is 0 Å². The third-order valence-corrected chi connectivity index (χ3v) is 7.38. The Kier molecular flexibility index (Phi) is 4.42. The zero-order valence-electron chi connectivity index (χ0n) is 16.9. The molecule has 0 N–H and O–H groups in total. The van der Waals surface area contributed by atoms with Gasteiger partial charge in [0.2, 0.25) is 5.95 Å². The molecule has 1 aliphatic rings. The van der Waals surface area contributed by atoms with Crippen molar-refractivity contribution in [2.24, 2.45) is 0 Å². The van der Waals surface area contributed by atoms with Crippen molar-refractivity contribution in [1.29, 1.82) is 0 Å². The summed E-state index contributed by atoms with van der Waals surface area (Å²) in [6.07, 6.45) is 1.41. The van der Waals surface area contributed by atoms with Gasteiger partial charge in [0.25, 0.3) is 10.0 Å². The van der Waals surface area contributed by atoms with Gasteiger partial charge in [-0.05, 0) is 58.9 Å². The summed E-state index contributed by atoms with van der Waals surface area (Å²) in [6, 6.07) is 9.08. The summed E-state index contributed by atoms with van der Waals surface area (Å²) < 4.78 is 53.7. The minimum absolute atomic E-state index is 0.129. The number of aryl methyl sites for hydroxylation is 1. The van der Waals surface area contributed by atoms with Crippen LogP contribution in [0.25, 0.3) is 11.0 Å². The van der Waals surface area contributed by atoms with Crippen LogP contribution in [0.15, 0.2) is 47.5 Å². The van der Waals surface area contributed by atoms with E-state index in [0.29, 0.717) is 5.46 Å². The zero-order valence-corrected chi connectivity index (χ0v) is 17.7. The predicted molar refractivity (Wildman–Crippen MR) is 109 cm³/mol. The van der Waals surface area contributed by atoms with Gasteiger partial charge in [-0.1, -0.05) is 17.7 Å². The lowest BCUT2D eigenvalue weighted by Gasteiger charge is -2.32. The van der Waals surface area contributed by atoms with Crippen LogP contribution in [0.4, 0.5) is 4.39 Å². The third-order valence-electron chi connectivity index (χ3n) is 5.69. The number of halogens is 1. The molecule has 1 fully saturated rings. The van der Waals surface area contributed by atoms with E-state index < -0.39 is 34.3 Å². The lowest BCUT2D eigenvalue weighted by Crippen LogP contribution is -2.41. The smallest absolute Gasteiger partial charge is 0.399 e. The summed E-state index contributed by atoms with van der Waals surface area (Å²) in [5, 5.41) is 0. The summed E-state index contributed by atoms with van der Waals surface area (Å²) in [5.41, 5.74) is 0.512. The Bertz CT molecular complexity index is 1190. The predicted octanol–water partition coefficient (Wildman–Crippen LogP) is 3.02. The van der Waals surface area contributed by atoms with Crippen molar-refractivity contribution in [2.75, 3.05) is 0 Å². The van der Waals surface area contributed by atoms with E-state index in [4.69, 9.17) is 9.31 Å². The second-order valence-corrected chi connectivity index (χ2v) is 10.1. The number of rotatable bonds is 3. The second-order valence-electron chi connectivity index (χ2n) is 8.29. The number of hydrogen-bond donors (Lipinski definition) is 0. The number of pyridine rings is 1. The first-order valence-electron chi connectivity index (χ1n) is 9.28. The van der Waals surface area contributed by atoms with E-state index in [1.54, 1.807) is 24.3 Å². The Morgan fingerprint density at radius 3 is 2.17 bits per heavy atom. The number of hydrogen-bond acceptors (Lipinski definition) is 5. The van der Waals surface area contributed by atoms with Crippen LogP contribution in [0.1, 0.15) is 33.3 Å². The molecule has 0 amide bonds. The van der Waals surface area contributed by atoms with Crippen LogP contribution in [0, 0.1) is 12.9 Å². The fourth-order valence-electron chi connectivity index (χ4n) is 3.24. The van der Waals surface area contributed by atoms with Crippen LogP contribution >= 0.6 is 0 Å². The molecule has 6 nitrogen and oxygen atoms in total. The maximum absolute atomic E-state index is 13.9. The van der Waals surface area contributed by atoms with E-state index in [-0.39, 0.29) is 15.9 Å². The Hall–Kier alpha value is -2.23. The molecule has 3 heterocycles. The first kappa shape index (κ1) is 20.1. The Morgan fingerprint density at radius 2 is 1.59 bits per heavy atom. The maximum atomic E-state index is 13.9. The molecule has 1 saturated heterocycles. The van der Waals surface area contributed by atoms with Crippen molar-refractivity contribution < 1.29 is 22.1 Å². The Labute approximate surface area is 169 Å². The van der Waals surface area contributed by atoms with Gasteiger partial charge >= 0.3 is 7.12 Å². The molecule has 0 atom stereocenters. The second kappa shape index (κ2) is 6.39. The SMILES string of the molecule is Cc1ccc(S(=O)(=O)n2cc(B3OC(C)(C)C(C)(C)O3)c3nc(F)ccc32)cc1. The summed E-state index contributed by atoms with van der Waals surface area (Å²) in [7, 11) is -4.79. The summed E-state index contributed by atoms with van der Waals surface area (Å²) >= 11 is 0. The van der Waals surface area contributed by atoms with Crippen LogP contribution in [-0.4, -0.2) is 35.7 Å². The summed E-state index contributed by atoms with van der Waals surface area (Å²) in [5.74, 6) is -0.708.